The molecule has 1 amide bonds. The first-order valence-corrected chi connectivity index (χ1v) is 8.87. The van der Waals surface area contributed by atoms with Crippen LogP contribution in [0.4, 0.5) is 4.79 Å². The van der Waals surface area contributed by atoms with Gasteiger partial charge in [-0.05, 0) is 18.4 Å². The van der Waals surface area contributed by atoms with Crippen LogP contribution in [-0.4, -0.2) is 60.9 Å². The number of hydrogen-bond donors (Lipinski definition) is 0. The van der Waals surface area contributed by atoms with Crippen molar-refractivity contribution in [1.29, 1.82) is 0 Å². The minimum Gasteiger partial charge on any atom is -0.445 e. The van der Waals surface area contributed by atoms with E-state index in [4.69, 9.17) is 8.92 Å². The maximum absolute atomic E-state index is 12.1. The van der Waals surface area contributed by atoms with Crippen molar-refractivity contribution in [3.8, 4) is 0 Å². The van der Waals surface area contributed by atoms with E-state index in [9.17, 15) is 13.2 Å². The van der Waals surface area contributed by atoms with Gasteiger partial charge < -0.3 is 9.64 Å². The molecule has 0 unspecified atom stereocenters. The zero-order valence-electron chi connectivity index (χ0n) is 12.8. The fourth-order valence-electron chi connectivity index (χ4n) is 2.53. The minimum atomic E-state index is -3.59. The zero-order chi connectivity index (χ0) is 16.9. The van der Waals surface area contributed by atoms with Crippen molar-refractivity contribution in [2.24, 2.45) is 0 Å². The topological polar surface area (TPSA) is 98.7 Å². The number of nitrogens with zero attached hydrogens (tertiary/aromatic N) is 3. The minimum absolute atomic E-state index is 0.0914. The monoisotopic (exact) mass is 341 g/mol. The van der Waals surface area contributed by atoms with Crippen molar-refractivity contribution in [2.45, 2.75) is 25.0 Å². The smallest absolute Gasteiger partial charge is 0.410 e. The van der Waals surface area contributed by atoms with Crippen molar-refractivity contribution in [3.63, 3.8) is 0 Å². The van der Waals surface area contributed by atoms with Gasteiger partial charge in [0.05, 0.1) is 18.9 Å². The van der Waals surface area contributed by atoms with Crippen LogP contribution in [0.3, 0.4) is 0 Å². The fourth-order valence-corrected chi connectivity index (χ4v) is 3.16. The molecule has 0 spiro atoms. The predicted molar refractivity (Wildman–Crippen MR) is 82.1 cm³/mol. The zero-order valence-corrected chi connectivity index (χ0v) is 13.6. The predicted octanol–water partition coefficient (Wildman–Crippen LogP) is 0.761. The molecule has 1 saturated heterocycles. The first-order valence-electron chi connectivity index (χ1n) is 7.05. The summed E-state index contributed by atoms with van der Waals surface area (Å²) in [7, 11) is -3.59. The third kappa shape index (κ3) is 5.29. The van der Waals surface area contributed by atoms with Crippen LogP contribution < -0.4 is 0 Å². The second-order valence-corrected chi connectivity index (χ2v) is 6.88. The number of hydrogen-bond acceptors (Lipinski definition) is 7. The van der Waals surface area contributed by atoms with E-state index in [1.54, 1.807) is 12.4 Å². The standard InChI is InChI=1S/C14H19N3O5S/c1-3-4-21-14(18)17-9-13(22-23(2,19)20)6-12(17)5-11-7-15-10-16-8-11/h3,7-8,10,12-13H,1,4-6,9H2,2H3/t12-,13-/m1/s1. The van der Waals surface area contributed by atoms with Gasteiger partial charge in [-0.15, -0.1) is 0 Å². The van der Waals surface area contributed by atoms with Gasteiger partial charge in [0.2, 0.25) is 0 Å². The highest BCUT2D eigenvalue weighted by Gasteiger charge is 2.38. The summed E-state index contributed by atoms with van der Waals surface area (Å²) in [5.41, 5.74) is 0.846. The van der Waals surface area contributed by atoms with Crippen molar-refractivity contribution in [1.82, 2.24) is 14.9 Å². The Hall–Kier alpha value is -2.00. The normalized spacial score (nSPS) is 21.2. The summed E-state index contributed by atoms with van der Waals surface area (Å²) < 4.78 is 32.7. The lowest BCUT2D eigenvalue weighted by atomic mass is 10.1. The van der Waals surface area contributed by atoms with Crippen LogP contribution in [0.5, 0.6) is 0 Å². The third-order valence-corrected chi connectivity index (χ3v) is 3.95. The van der Waals surface area contributed by atoms with Crippen LogP contribution in [0.1, 0.15) is 12.0 Å². The van der Waals surface area contributed by atoms with Crippen LogP contribution in [-0.2, 0) is 25.5 Å². The molecule has 8 nitrogen and oxygen atoms in total. The van der Waals surface area contributed by atoms with E-state index < -0.39 is 22.3 Å². The van der Waals surface area contributed by atoms with Crippen molar-refractivity contribution < 1.29 is 22.1 Å². The lowest BCUT2D eigenvalue weighted by Gasteiger charge is -2.23. The molecule has 1 aromatic rings. The molecule has 2 heterocycles. The molecule has 9 heteroatoms. The van der Waals surface area contributed by atoms with Gasteiger partial charge in [-0.3, -0.25) is 4.18 Å². The Kier molecular flexibility index (Phi) is 5.67. The van der Waals surface area contributed by atoms with Crippen LogP contribution in [0.2, 0.25) is 0 Å². The molecule has 1 aliphatic heterocycles. The van der Waals surface area contributed by atoms with Gasteiger partial charge in [0, 0.05) is 18.4 Å². The first kappa shape index (κ1) is 17.4. The van der Waals surface area contributed by atoms with Gasteiger partial charge in [0.1, 0.15) is 12.9 Å². The number of likely N-dealkylation sites (tertiary alicyclic amines) is 1. The van der Waals surface area contributed by atoms with E-state index in [0.717, 1.165) is 11.8 Å². The van der Waals surface area contributed by atoms with Gasteiger partial charge in [0.25, 0.3) is 10.1 Å². The largest absolute Gasteiger partial charge is 0.445 e. The average molecular weight is 341 g/mol. The highest BCUT2D eigenvalue weighted by Crippen LogP contribution is 2.25. The summed E-state index contributed by atoms with van der Waals surface area (Å²) in [4.78, 5) is 21.5. The van der Waals surface area contributed by atoms with E-state index in [1.807, 2.05) is 0 Å². The Balaban J connectivity index is 2.10. The van der Waals surface area contributed by atoms with Crippen LogP contribution in [0.25, 0.3) is 0 Å². The fraction of sp³-hybridized carbons (Fsp3) is 0.500. The molecule has 0 aromatic carbocycles. The summed E-state index contributed by atoms with van der Waals surface area (Å²) in [6.45, 7) is 3.74. The maximum atomic E-state index is 12.1. The molecule has 0 radical (unpaired) electrons. The lowest BCUT2D eigenvalue weighted by molar-refractivity contribution is 0.104. The van der Waals surface area contributed by atoms with Gasteiger partial charge >= 0.3 is 6.09 Å². The lowest BCUT2D eigenvalue weighted by Crippen LogP contribution is -2.37. The Morgan fingerprint density at radius 3 is 2.78 bits per heavy atom. The Morgan fingerprint density at radius 1 is 1.48 bits per heavy atom. The molecule has 1 aromatic heterocycles. The summed E-state index contributed by atoms with van der Waals surface area (Å²) in [6.07, 6.45) is 6.98. The van der Waals surface area contributed by atoms with Gasteiger partial charge in [-0.1, -0.05) is 12.7 Å². The maximum Gasteiger partial charge on any atom is 0.410 e. The Labute approximate surface area is 135 Å². The van der Waals surface area contributed by atoms with Crippen molar-refractivity contribution in [2.75, 3.05) is 19.4 Å². The second kappa shape index (κ2) is 7.51. The Morgan fingerprint density at radius 2 is 2.17 bits per heavy atom. The summed E-state index contributed by atoms with van der Waals surface area (Å²) in [6, 6.07) is -0.245. The second-order valence-electron chi connectivity index (χ2n) is 5.28. The molecular weight excluding hydrogens is 322 g/mol. The van der Waals surface area contributed by atoms with Gasteiger partial charge in [-0.25, -0.2) is 14.8 Å². The molecular formula is C14H19N3O5S. The van der Waals surface area contributed by atoms with Gasteiger partial charge in [0.15, 0.2) is 0 Å². The van der Waals surface area contributed by atoms with Crippen LogP contribution in [0.15, 0.2) is 31.4 Å². The molecule has 126 valence electrons. The number of rotatable bonds is 6. The van der Waals surface area contributed by atoms with Crippen molar-refractivity contribution in [3.05, 3.63) is 36.9 Å². The quantitative estimate of drug-likeness (QED) is 0.556. The molecule has 0 bridgehead atoms. The molecule has 2 atom stereocenters. The number of carbonyl (C=O) groups is 1. The van der Waals surface area contributed by atoms with E-state index in [-0.39, 0.29) is 19.2 Å². The summed E-state index contributed by atoms with van der Waals surface area (Å²) in [5.74, 6) is 0. The highest BCUT2D eigenvalue weighted by molar-refractivity contribution is 7.86. The number of carbonyl (C=O) groups excluding carboxylic acids is 1. The summed E-state index contributed by atoms with van der Waals surface area (Å²) in [5, 5.41) is 0. The van der Waals surface area contributed by atoms with E-state index in [0.29, 0.717) is 12.8 Å². The van der Waals surface area contributed by atoms with E-state index >= 15 is 0 Å². The third-order valence-electron chi connectivity index (χ3n) is 3.33. The number of ether oxygens (including phenoxy) is 1. The Bertz CT molecular complexity index is 650. The number of amides is 1. The molecule has 1 fully saturated rings. The molecule has 23 heavy (non-hydrogen) atoms. The first-order chi connectivity index (χ1) is 10.9. The molecule has 0 N–H and O–H groups in total. The average Bonchev–Trinajstić information content (AvgIpc) is 2.86. The molecule has 0 saturated carbocycles. The highest BCUT2D eigenvalue weighted by atomic mass is 32.2. The van der Waals surface area contributed by atoms with Crippen molar-refractivity contribution >= 4 is 16.2 Å². The molecule has 1 aliphatic rings. The van der Waals surface area contributed by atoms with Crippen LogP contribution >= 0.6 is 0 Å². The summed E-state index contributed by atoms with van der Waals surface area (Å²) >= 11 is 0. The van der Waals surface area contributed by atoms with E-state index in [1.165, 1.54) is 17.3 Å². The number of aromatic nitrogens is 2. The SMILES string of the molecule is C=CCOC(=O)N1C[C@H](OS(C)(=O)=O)C[C@H]1Cc1cncnc1. The molecule has 2 rings (SSSR count). The van der Waals surface area contributed by atoms with E-state index in [2.05, 4.69) is 16.5 Å². The molecule has 0 aliphatic carbocycles. The van der Waals surface area contributed by atoms with Crippen LogP contribution in [0, 0.1) is 0 Å². The van der Waals surface area contributed by atoms with Gasteiger partial charge in [-0.2, -0.15) is 8.42 Å².